The molecule has 4 rings (SSSR count). The summed E-state index contributed by atoms with van der Waals surface area (Å²) >= 11 is 0. The van der Waals surface area contributed by atoms with E-state index in [0.717, 1.165) is 46.7 Å². The van der Waals surface area contributed by atoms with Crippen LogP contribution in [0.4, 0.5) is 16.2 Å². The van der Waals surface area contributed by atoms with Crippen molar-refractivity contribution in [2.24, 2.45) is 0 Å². The number of rotatable bonds is 5. The lowest BCUT2D eigenvalue weighted by molar-refractivity contribution is 0.176. The van der Waals surface area contributed by atoms with Gasteiger partial charge >= 0.3 is 6.03 Å². The first-order valence-electron chi connectivity index (χ1n) is 10.6. The first-order chi connectivity index (χ1) is 15.0. The van der Waals surface area contributed by atoms with Crippen LogP contribution in [0.3, 0.4) is 0 Å². The van der Waals surface area contributed by atoms with Crippen molar-refractivity contribution in [2.75, 3.05) is 39.6 Å². The van der Waals surface area contributed by atoms with Gasteiger partial charge in [0, 0.05) is 56.2 Å². The second kappa shape index (κ2) is 8.71. The number of amides is 2. The topological polar surface area (TPSA) is 73.5 Å². The van der Waals surface area contributed by atoms with Crippen LogP contribution in [-0.4, -0.2) is 60.1 Å². The molecule has 0 atom stereocenters. The Morgan fingerprint density at radius 1 is 1.29 bits per heavy atom. The van der Waals surface area contributed by atoms with E-state index in [-0.39, 0.29) is 6.03 Å². The van der Waals surface area contributed by atoms with Gasteiger partial charge in [0.15, 0.2) is 0 Å². The summed E-state index contributed by atoms with van der Waals surface area (Å²) in [5.74, 6) is 0.839. The van der Waals surface area contributed by atoms with Gasteiger partial charge in [-0.15, -0.1) is 0 Å². The number of aromatic nitrogens is 2. The predicted octanol–water partition coefficient (Wildman–Crippen LogP) is 4.65. The molecular weight excluding hydrogens is 390 g/mol. The smallest absolute Gasteiger partial charge is 0.319 e. The zero-order valence-electron chi connectivity index (χ0n) is 18.5. The van der Waals surface area contributed by atoms with Crippen LogP contribution in [0.2, 0.25) is 0 Å². The Morgan fingerprint density at radius 2 is 2.13 bits per heavy atom. The van der Waals surface area contributed by atoms with Gasteiger partial charge in [-0.3, -0.25) is 0 Å². The minimum atomic E-state index is 0.0461. The summed E-state index contributed by atoms with van der Waals surface area (Å²) in [5.41, 5.74) is 6.29. The summed E-state index contributed by atoms with van der Waals surface area (Å²) in [7, 11) is 5.25. The molecule has 0 radical (unpaired) electrons. The summed E-state index contributed by atoms with van der Waals surface area (Å²) < 4.78 is 5.45. The summed E-state index contributed by atoms with van der Waals surface area (Å²) in [4.78, 5) is 23.6. The van der Waals surface area contributed by atoms with E-state index >= 15 is 0 Å². The number of H-pyrrole nitrogens is 1. The largest absolute Gasteiger partial charge is 0.497 e. The third kappa shape index (κ3) is 4.35. The van der Waals surface area contributed by atoms with Crippen LogP contribution in [0.15, 0.2) is 42.6 Å². The molecule has 2 N–H and O–H groups in total. The van der Waals surface area contributed by atoms with Gasteiger partial charge in [0.1, 0.15) is 11.4 Å². The molecule has 0 fully saturated rings. The number of benzene rings is 1. The Hall–Kier alpha value is -3.48. The van der Waals surface area contributed by atoms with E-state index in [1.807, 2.05) is 17.0 Å². The average Bonchev–Trinajstić information content (AvgIpc) is 3.23. The van der Waals surface area contributed by atoms with Gasteiger partial charge in [-0.25, -0.2) is 9.78 Å². The number of nitrogens with zero attached hydrogens (tertiary/aromatic N) is 3. The lowest BCUT2D eigenvalue weighted by atomic mass is 10.0. The molecule has 0 spiro atoms. The fraction of sp³-hybridized carbons (Fsp3) is 0.333. The van der Waals surface area contributed by atoms with E-state index in [2.05, 4.69) is 46.5 Å². The normalized spacial score (nSPS) is 13.8. The van der Waals surface area contributed by atoms with Crippen LogP contribution in [0.25, 0.3) is 16.6 Å². The number of carbonyl (C=O) groups excluding carboxylic acids is 1. The molecule has 1 aliphatic heterocycles. The maximum absolute atomic E-state index is 12.2. The number of methoxy groups -OCH3 is 1. The van der Waals surface area contributed by atoms with Crippen molar-refractivity contribution >= 4 is 34.0 Å². The molecule has 3 aromatic rings. The predicted molar refractivity (Wildman–Crippen MR) is 125 cm³/mol. The molecule has 162 valence electrons. The molecule has 2 aromatic heterocycles. The zero-order valence-corrected chi connectivity index (χ0v) is 18.5. The summed E-state index contributed by atoms with van der Waals surface area (Å²) in [5, 5.41) is 4.56. The van der Waals surface area contributed by atoms with E-state index in [0.29, 0.717) is 13.1 Å². The van der Waals surface area contributed by atoms with Gasteiger partial charge in [0.2, 0.25) is 0 Å². The molecule has 0 unspecified atom stereocenters. The SMILES string of the molecule is CCc1cc(Nc2ccnc3[nH]c(C4=CCN(C(=O)N(C)C)CC4)cc23)cc(OC)c1. The number of aryl methyl sites for hydroxylation is 1. The van der Waals surface area contributed by atoms with Crippen molar-refractivity contribution in [3.63, 3.8) is 0 Å². The molecule has 7 nitrogen and oxygen atoms in total. The van der Waals surface area contributed by atoms with Crippen LogP contribution in [0, 0.1) is 0 Å². The van der Waals surface area contributed by atoms with Crippen LogP contribution in [-0.2, 0) is 6.42 Å². The molecule has 0 saturated heterocycles. The quantitative estimate of drug-likeness (QED) is 0.631. The Balaban J connectivity index is 1.60. The lowest BCUT2D eigenvalue weighted by Crippen LogP contribution is -2.41. The van der Waals surface area contributed by atoms with Crippen LogP contribution < -0.4 is 10.1 Å². The first-order valence-corrected chi connectivity index (χ1v) is 10.6. The Labute approximate surface area is 182 Å². The fourth-order valence-electron chi connectivity index (χ4n) is 3.89. The van der Waals surface area contributed by atoms with E-state index in [1.54, 1.807) is 32.3 Å². The molecule has 1 aromatic carbocycles. The highest BCUT2D eigenvalue weighted by molar-refractivity contribution is 5.94. The van der Waals surface area contributed by atoms with Crippen LogP contribution in [0.1, 0.15) is 24.6 Å². The number of urea groups is 1. The molecule has 2 amide bonds. The average molecular weight is 420 g/mol. The third-order valence-corrected chi connectivity index (χ3v) is 5.63. The van der Waals surface area contributed by atoms with Crippen LogP contribution in [0.5, 0.6) is 5.75 Å². The molecule has 3 heterocycles. The van der Waals surface area contributed by atoms with Crippen molar-refractivity contribution in [3.05, 3.63) is 53.9 Å². The van der Waals surface area contributed by atoms with Crippen molar-refractivity contribution in [1.82, 2.24) is 19.8 Å². The Bertz CT molecular complexity index is 1110. The van der Waals surface area contributed by atoms with E-state index < -0.39 is 0 Å². The third-order valence-electron chi connectivity index (χ3n) is 5.63. The van der Waals surface area contributed by atoms with Gasteiger partial charge in [-0.05, 0) is 48.2 Å². The monoisotopic (exact) mass is 419 g/mol. The van der Waals surface area contributed by atoms with Crippen molar-refractivity contribution in [1.29, 1.82) is 0 Å². The number of ether oxygens (including phenoxy) is 1. The maximum atomic E-state index is 12.2. The number of aromatic amines is 1. The number of anilines is 2. The summed E-state index contributed by atoms with van der Waals surface area (Å²) in [6.45, 7) is 3.46. The van der Waals surface area contributed by atoms with E-state index in [4.69, 9.17) is 4.74 Å². The van der Waals surface area contributed by atoms with Gasteiger partial charge in [0.05, 0.1) is 12.8 Å². The number of hydrogen-bond donors (Lipinski definition) is 2. The maximum Gasteiger partial charge on any atom is 0.319 e. The van der Waals surface area contributed by atoms with Gasteiger partial charge in [-0.2, -0.15) is 0 Å². The minimum Gasteiger partial charge on any atom is -0.497 e. The second-order valence-corrected chi connectivity index (χ2v) is 7.95. The molecular formula is C24H29N5O2. The van der Waals surface area contributed by atoms with Crippen molar-refractivity contribution in [3.8, 4) is 5.75 Å². The zero-order chi connectivity index (χ0) is 22.0. The van der Waals surface area contributed by atoms with Crippen LogP contribution >= 0.6 is 0 Å². The number of carbonyl (C=O) groups is 1. The number of hydrogen-bond acceptors (Lipinski definition) is 4. The van der Waals surface area contributed by atoms with Gasteiger partial charge < -0.3 is 24.8 Å². The molecule has 0 bridgehead atoms. The lowest BCUT2D eigenvalue weighted by Gasteiger charge is -2.28. The number of pyridine rings is 1. The number of nitrogens with one attached hydrogen (secondary N) is 2. The molecule has 0 saturated carbocycles. The second-order valence-electron chi connectivity index (χ2n) is 7.95. The first kappa shape index (κ1) is 20.8. The fourth-order valence-corrected chi connectivity index (χ4v) is 3.89. The Morgan fingerprint density at radius 3 is 2.81 bits per heavy atom. The number of fused-ring (bicyclic) bond motifs is 1. The summed E-state index contributed by atoms with van der Waals surface area (Å²) in [6.07, 6.45) is 5.68. The Kier molecular flexibility index (Phi) is 5.84. The highest BCUT2D eigenvalue weighted by Crippen LogP contribution is 2.31. The molecule has 1 aliphatic rings. The van der Waals surface area contributed by atoms with Gasteiger partial charge in [0.25, 0.3) is 0 Å². The highest BCUT2D eigenvalue weighted by atomic mass is 16.5. The molecule has 0 aliphatic carbocycles. The summed E-state index contributed by atoms with van der Waals surface area (Å²) in [6, 6.07) is 10.4. The molecule has 31 heavy (non-hydrogen) atoms. The minimum absolute atomic E-state index is 0.0461. The van der Waals surface area contributed by atoms with Crippen molar-refractivity contribution in [2.45, 2.75) is 19.8 Å². The highest BCUT2D eigenvalue weighted by Gasteiger charge is 2.20. The molecule has 7 heteroatoms. The van der Waals surface area contributed by atoms with E-state index in [9.17, 15) is 4.79 Å². The van der Waals surface area contributed by atoms with Gasteiger partial charge in [-0.1, -0.05) is 13.0 Å². The van der Waals surface area contributed by atoms with E-state index in [1.165, 1.54) is 11.1 Å². The van der Waals surface area contributed by atoms with Crippen molar-refractivity contribution < 1.29 is 9.53 Å². The standard InChI is InChI=1S/C24H29N5O2/c1-5-16-12-18(14-19(13-16)31-4)26-21-6-9-25-23-20(21)15-22(27-23)17-7-10-29(11-8-17)24(30)28(2)3/h6-7,9,12-15H,5,8,10-11H2,1-4H3,(H2,25,26,27).